The molecule has 1 heterocycles. The maximum atomic E-state index is 6.06. The van der Waals surface area contributed by atoms with E-state index >= 15 is 0 Å². The van der Waals surface area contributed by atoms with Crippen molar-refractivity contribution in [2.45, 2.75) is 31.7 Å². The molecule has 2 heteroatoms. The molecule has 1 aliphatic carbocycles. The van der Waals surface area contributed by atoms with Gasteiger partial charge in [0.2, 0.25) is 0 Å². The van der Waals surface area contributed by atoms with Crippen LogP contribution in [-0.2, 0) is 12.8 Å². The summed E-state index contributed by atoms with van der Waals surface area (Å²) in [5.41, 5.74) is 9.11. The number of aryl methyl sites for hydroxylation is 1. The SMILES string of the molecule is CC1(N)CCc2cscc2C1. The third-order valence-electron chi connectivity index (χ3n) is 2.39. The fraction of sp³-hybridized carbons (Fsp3) is 0.556. The van der Waals surface area contributed by atoms with Gasteiger partial charge in [-0.2, -0.15) is 11.3 Å². The van der Waals surface area contributed by atoms with Crippen molar-refractivity contribution >= 4 is 11.3 Å². The molecule has 0 aromatic carbocycles. The topological polar surface area (TPSA) is 26.0 Å². The zero-order chi connectivity index (χ0) is 7.90. The Labute approximate surface area is 71.2 Å². The van der Waals surface area contributed by atoms with Crippen LogP contribution in [0.4, 0.5) is 0 Å². The molecule has 0 spiro atoms. The fourth-order valence-corrected chi connectivity index (χ4v) is 2.57. The Bertz CT molecular complexity index is 262. The van der Waals surface area contributed by atoms with E-state index in [9.17, 15) is 0 Å². The number of fused-ring (bicyclic) bond motifs is 1. The van der Waals surface area contributed by atoms with Gasteiger partial charge in [0.1, 0.15) is 0 Å². The summed E-state index contributed by atoms with van der Waals surface area (Å²) in [5, 5.41) is 4.49. The number of hydrogen-bond donors (Lipinski definition) is 1. The molecular weight excluding hydrogens is 154 g/mol. The van der Waals surface area contributed by atoms with Crippen LogP contribution in [0.15, 0.2) is 10.8 Å². The molecule has 11 heavy (non-hydrogen) atoms. The largest absolute Gasteiger partial charge is 0.325 e. The predicted octanol–water partition coefficient (Wildman–Crippen LogP) is 1.95. The van der Waals surface area contributed by atoms with Gasteiger partial charge in [-0.3, -0.25) is 0 Å². The lowest BCUT2D eigenvalue weighted by atomic mass is 9.82. The Morgan fingerprint density at radius 3 is 3.00 bits per heavy atom. The van der Waals surface area contributed by atoms with Crippen LogP contribution in [0.3, 0.4) is 0 Å². The third kappa shape index (κ3) is 1.33. The molecule has 0 saturated heterocycles. The van der Waals surface area contributed by atoms with Crippen molar-refractivity contribution in [3.63, 3.8) is 0 Å². The van der Waals surface area contributed by atoms with Crippen molar-refractivity contribution in [3.05, 3.63) is 21.9 Å². The lowest BCUT2D eigenvalue weighted by Crippen LogP contribution is -2.41. The molecule has 0 radical (unpaired) electrons. The van der Waals surface area contributed by atoms with Crippen molar-refractivity contribution in [1.29, 1.82) is 0 Å². The summed E-state index contributed by atoms with van der Waals surface area (Å²) in [6.45, 7) is 2.15. The molecular formula is C9H13NS. The minimum Gasteiger partial charge on any atom is -0.325 e. The van der Waals surface area contributed by atoms with Gasteiger partial charge in [-0.05, 0) is 48.1 Å². The standard InChI is InChI=1S/C9H13NS/c1-9(10)3-2-7-5-11-6-8(7)4-9/h5-6H,2-4,10H2,1H3. The van der Waals surface area contributed by atoms with Crippen LogP contribution in [0.2, 0.25) is 0 Å². The van der Waals surface area contributed by atoms with Gasteiger partial charge in [-0.1, -0.05) is 0 Å². The Morgan fingerprint density at radius 2 is 2.18 bits per heavy atom. The Balaban J connectivity index is 2.32. The maximum absolute atomic E-state index is 6.06. The summed E-state index contributed by atoms with van der Waals surface area (Å²) in [5.74, 6) is 0. The number of rotatable bonds is 0. The van der Waals surface area contributed by atoms with E-state index in [1.807, 2.05) is 0 Å². The Hall–Kier alpha value is -0.340. The Kier molecular flexibility index (Phi) is 1.55. The highest BCUT2D eigenvalue weighted by atomic mass is 32.1. The first-order chi connectivity index (χ1) is 5.17. The first-order valence-corrected chi connectivity index (χ1v) is 4.94. The summed E-state index contributed by atoms with van der Waals surface area (Å²) < 4.78 is 0. The molecule has 0 saturated carbocycles. The molecule has 2 N–H and O–H groups in total. The molecule has 1 aliphatic rings. The summed E-state index contributed by atoms with van der Waals surface area (Å²) in [4.78, 5) is 0. The molecule has 1 aromatic rings. The number of hydrogen-bond acceptors (Lipinski definition) is 2. The minimum absolute atomic E-state index is 0.0497. The molecule has 1 aromatic heterocycles. The van der Waals surface area contributed by atoms with Gasteiger partial charge in [0.05, 0.1) is 0 Å². The van der Waals surface area contributed by atoms with E-state index in [1.54, 1.807) is 11.3 Å². The predicted molar refractivity (Wildman–Crippen MR) is 48.9 cm³/mol. The van der Waals surface area contributed by atoms with Gasteiger partial charge < -0.3 is 5.73 Å². The van der Waals surface area contributed by atoms with E-state index in [2.05, 4.69) is 17.7 Å². The molecule has 2 rings (SSSR count). The Morgan fingerprint density at radius 1 is 1.45 bits per heavy atom. The van der Waals surface area contributed by atoms with Crippen LogP contribution in [0.25, 0.3) is 0 Å². The second-order valence-corrected chi connectivity index (χ2v) is 4.50. The van der Waals surface area contributed by atoms with E-state index in [0.717, 1.165) is 12.8 Å². The van der Waals surface area contributed by atoms with E-state index < -0.39 is 0 Å². The molecule has 1 unspecified atom stereocenters. The van der Waals surface area contributed by atoms with Gasteiger partial charge in [0, 0.05) is 5.54 Å². The molecule has 0 fully saturated rings. The van der Waals surface area contributed by atoms with Crippen LogP contribution < -0.4 is 5.73 Å². The first-order valence-electron chi connectivity index (χ1n) is 4.00. The number of nitrogens with two attached hydrogens (primary N) is 1. The van der Waals surface area contributed by atoms with E-state index in [4.69, 9.17) is 5.73 Å². The van der Waals surface area contributed by atoms with Crippen LogP contribution in [0, 0.1) is 0 Å². The lowest BCUT2D eigenvalue weighted by Gasteiger charge is -2.29. The molecule has 60 valence electrons. The van der Waals surface area contributed by atoms with Crippen molar-refractivity contribution in [3.8, 4) is 0 Å². The van der Waals surface area contributed by atoms with E-state index in [-0.39, 0.29) is 5.54 Å². The fourth-order valence-electron chi connectivity index (χ4n) is 1.67. The van der Waals surface area contributed by atoms with E-state index in [1.165, 1.54) is 17.5 Å². The summed E-state index contributed by atoms with van der Waals surface area (Å²) in [6, 6.07) is 0. The summed E-state index contributed by atoms with van der Waals surface area (Å²) in [7, 11) is 0. The first kappa shape index (κ1) is 7.32. The zero-order valence-electron chi connectivity index (χ0n) is 6.76. The second-order valence-electron chi connectivity index (χ2n) is 3.75. The summed E-state index contributed by atoms with van der Waals surface area (Å²) >= 11 is 1.80. The molecule has 1 nitrogen and oxygen atoms in total. The van der Waals surface area contributed by atoms with Gasteiger partial charge in [-0.15, -0.1) is 0 Å². The van der Waals surface area contributed by atoms with Crippen LogP contribution in [0.5, 0.6) is 0 Å². The van der Waals surface area contributed by atoms with E-state index in [0.29, 0.717) is 0 Å². The highest BCUT2D eigenvalue weighted by Gasteiger charge is 2.25. The molecule has 0 amide bonds. The van der Waals surface area contributed by atoms with Gasteiger partial charge in [0.25, 0.3) is 0 Å². The van der Waals surface area contributed by atoms with Gasteiger partial charge in [-0.25, -0.2) is 0 Å². The monoisotopic (exact) mass is 167 g/mol. The quantitative estimate of drug-likeness (QED) is 0.628. The average Bonchev–Trinajstić information content (AvgIpc) is 2.31. The van der Waals surface area contributed by atoms with Gasteiger partial charge in [0.15, 0.2) is 0 Å². The van der Waals surface area contributed by atoms with Crippen molar-refractivity contribution in [1.82, 2.24) is 0 Å². The molecule has 1 atom stereocenters. The average molecular weight is 167 g/mol. The van der Waals surface area contributed by atoms with Crippen LogP contribution in [0.1, 0.15) is 24.5 Å². The number of thiophene rings is 1. The smallest absolute Gasteiger partial charge is 0.0170 e. The normalized spacial score (nSPS) is 30.0. The third-order valence-corrected chi connectivity index (χ3v) is 3.23. The van der Waals surface area contributed by atoms with Crippen molar-refractivity contribution < 1.29 is 0 Å². The zero-order valence-corrected chi connectivity index (χ0v) is 7.58. The van der Waals surface area contributed by atoms with Gasteiger partial charge >= 0.3 is 0 Å². The molecule has 0 aliphatic heterocycles. The maximum Gasteiger partial charge on any atom is 0.0170 e. The van der Waals surface area contributed by atoms with Crippen molar-refractivity contribution in [2.24, 2.45) is 5.73 Å². The highest BCUT2D eigenvalue weighted by Crippen LogP contribution is 2.28. The van der Waals surface area contributed by atoms with Crippen LogP contribution >= 0.6 is 11.3 Å². The second kappa shape index (κ2) is 2.32. The summed E-state index contributed by atoms with van der Waals surface area (Å²) in [6.07, 6.45) is 3.37. The highest BCUT2D eigenvalue weighted by molar-refractivity contribution is 7.08. The lowest BCUT2D eigenvalue weighted by molar-refractivity contribution is 0.410. The molecule has 0 bridgehead atoms. The van der Waals surface area contributed by atoms with Crippen LogP contribution in [-0.4, -0.2) is 5.54 Å². The van der Waals surface area contributed by atoms with Crippen molar-refractivity contribution in [2.75, 3.05) is 0 Å². The minimum atomic E-state index is 0.0497.